The van der Waals surface area contributed by atoms with E-state index in [1.54, 1.807) is 25.1 Å². The number of carbonyl (C=O) groups excluding carboxylic acids is 1. The summed E-state index contributed by atoms with van der Waals surface area (Å²) in [5.74, 6) is -1.68. The molecule has 2 aromatic carbocycles. The van der Waals surface area contributed by atoms with Gasteiger partial charge in [-0.15, -0.1) is 0 Å². The molecule has 1 amide bonds. The summed E-state index contributed by atoms with van der Waals surface area (Å²) in [6, 6.07) is 15.3. The Balaban J connectivity index is 1.40. The lowest BCUT2D eigenvalue weighted by atomic mass is 10.2. The first-order valence-corrected chi connectivity index (χ1v) is 11.4. The first-order valence-electron chi connectivity index (χ1n) is 11.0. The summed E-state index contributed by atoms with van der Waals surface area (Å²) in [4.78, 5) is 34.1. The molecule has 0 aliphatic heterocycles. The van der Waals surface area contributed by atoms with Crippen LogP contribution in [0.25, 0.3) is 16.6 Å². The highest BCUT2D eigenvalue weighted by atomic mass is 35.5. The zero-order chi connectivity index (χ0) is 26.1. The number of halogens is 3. The van der Waals surface area contributed by atoms with Crippen LogP contribution in [0.15, 0.2) is 83.9 Å². The number of benzene rings is 2. The monoisotopic (exact) mass is 518 g/mol. The van der Waals surface area contributed by atoms with Gasteiger partial charge in [0.15, 0.2) is 11.6 Å². The van der Waals surface area contributed by atoms with Crippen LogP contribution in [0.5, 0.6) is 11.5 Å². The minimum absolute atomic E-state index is 0.0903. The summed E-state index contributed by atoms with van der Waals surface area (Å²) < 4.78 is 35.2. The van der Waals surface area contributed by atoms with Crippen molar-refractivity contribution < 1.29 is 18.3 Å². The van der Waals surface area contributed by atoms with Crippen molar-refractivity contribution in [3.05, 3.63) is 118 Å². The number of aromatic nitrogens is 3. The fourth-order valence-electron chi connectivity index (χ4n) is 3.78. The van der Waals surface area contributed by atoms with Crippen molar-refractivity contribution in [3.63, 3.8) is 0 Å². The lowest BCUT2D eigenvalue weighted by molar-refractivity contribution is 0.102. The number of rotatable bonds is 5. The molecule has 0 radical (unpaired) electrons. The number of nitrogens with zero attached hydrogens (tertiary/aromatic N) is 3. The molecule has 10 heteroatoms. The molecule has 3 heterocycles. The van der Waals surface area contributed by atoms with Crippen LogP contribution in [0.1, 0.15) is 16.1 Å². The van der Waals surface area contributed by atoms with Gasteiger partial charge < -0.3 is 10.1 Å². The first-order chi connectivity index (χ1) is 17.8. The number of hydrogen-bond acceptors (Lipinski definition) is 5. The fourth-order valence-corrected chi connectivity index (χ4v) is 3.94. The molecule has 0 unspecified atom stereocenters. The zero-order valence-electron chi connectivity index (χ0n) is 19.2. The molecule has 1 N–H and O–H groups in total. The summed E-state index contributed by atoms with van der Waals surface area (Å²) >= 11 is 5.97. The van der Waals surface area contributed by atoms with E-state index >= 15 is 0 Å². The van der Waals surface area contributed by atoms with Gasteiger partial charge in [0.1, 0.15) is 22.3 Å². The van der Waals surface area contributed by atoms with Crippen molar-refractivity contribution in [3.8, 4) is 17.2 Å². The molecule has 7 nitrogen and oxygen atoms in total. The molecule has 5 rings (SSSR count). The second-order valence-electron chi connectivity index (χ2n) is 8.04. The van der Waals surface area contributed by atoms with Crippen LogP contribution in [0.4, 0.5) is 14.5 Å². The highest BCUT2D eigenvalue weighted by Crippen LogP contribution is 2.32. The van der Waals surface area contributed by atoms with Crippen LogP contribution in [0, 0.1) is 18.6 Å². The van der Waals surface area contributed by atoms with Crippen molar-refractivity contribution in [2.45, 2.75) is 6.92 Å². The molecule has 0 bridgehead atoms. The number of nitrogens with one attached hydrogen (secondary N) is 1. The quantitative estimate of drug-likeness (QED) is 0.286. The van der Waals surface area contributed by atoms with Crippen LogP contribution < -0.4 is 15.6 Å². The highest BCUT2D eigenvalue weighted by molar-refractivity contribution is 6.30. The molecule has 0 atom stereocenters. The standard InChI is InChI=1S/C27H17ClF2N4O3/c1-15-2-8-19(27(36)34(15)18-6-3-16(29)4-7-18)26(35)33-17-5-9-24(21(30)12-17)37-23-10-11-31-22-14-32-25(28)13-20(22)23/h2-14H,1H3,(H,33,35). The molecule has 37 heavy (non-hydrogen) atoms. The van der Waals surface area contributed by atoms with Crippen LogP contribution >= 0.6 is 11.6 Å². The third-order valence-electron chi connectivity index (χ3n) is 5.57. The van der Waals surface area contributed by atoms with Crippen molar-refractivity contribution >= 4 is 34.1 Å². The Bertz CT molecular complexity index is 1720. The topological polar surface area (TPSA) is 86.1 Å². The van der Waals surface area contributed by atoms with Crippen molar-refractivity contribution in [2.24, 2.45) is 0 Å². The van der Waals surface area contributed by atoms with E-state index in [-0.39, 0.29) is 22.2 Å². The van der Waals surface area contributed by atoms with E-state index in [4.69, 9.17) is 16.3 Å². The Morgan fingerprint density at radius 2 is 1.76 bits per heavy atom. The maximum atomic E-state index is 14.9. The van der Waals surface area contributed by atoms with E-state index in [9.17, 15) is 18.4 Å². The van der Waals surface area contributed by atoms with E-state index in [1.165, 1.54) is 59.4 Å². The van der Waals surface area contributed by atoms with Gasteiger partial charge in [0.25, 0.3) is 11.5 Å². The summed E-state index contributed by atoms with van der Waals surface area (Å²) in [5.41, 5.74) is 0.852. The predicted octanol–water partition coefficient (Wildman–Crippen LogP) is 6.07. The zero-order valence-corrected chi connectivity index (χ0v) is 20.0. The lowest BCUT2D eigenvalue weighted by Crippen LogP contribution is -2.29. The molecule has 0 aliphatic rings. The number of carbonyl (C=O) groups is 1. The molecule has 0 saturated carbocycles. The van der Waals surface area contributed by atoms with Crippen molar-refractivity contribution in [1.29, 1.82) is 0 Å². The third kappa shape index (κ3) is 4.89. The van der Waals surface area contributed by atoms with E-state index in [1.807, 2.05) is 0 Å². The minimum Gasteiger partial charge on any atom is -0.454 e. The maximum Gasteiger partial charge on any atom is 0.268 e. The number of anilines is 1. The lowest BCUT2D eigenvalue weighted by Gasteiger charge is -2.13. The van der Waals surface area contributed by atoms with Crippen molar-refractivity contribution in [2.75, 3.05) is 5.32 Å². The second kappa shape index (κ2) is 9.79. The minimum atomic E-state index is -0.740. The Kier molecular flexibility index (Phi) is 6.37. The molecule has 184 valence electrons. The molecule has 0 saturated heterocycles. The summed E-state index contributed by atoms with van der Waals surface area (Å²) in [7, 11) is 0. The number of fused-ring (bicyclic) bond motifs is 1. The van der Waals surface area contributed by atoms with E-state index in [0.717, 1.165) is 6.07 Å². The fraction of sp³-hybridized carbons (Fsp3) is 0.0370. The Morgan fingerprint density at radius 1 is 0.973 bits per heavy atom. The van der Waals surface area contributed by atoms with Gasteiger partial charge in [0, 0.05) is 34.7 Å². The van der Waals surface area contributed by atoms with Gasteiger partial charge >= 0.3 is 0 Å². The van der Waals surface area contributed by atoms with Gasteiger partial charge in [-0.3, -0.25) is 19.1 Å². The molecule has 0 fully saturated rings. The Morgan fingerprint density at radius 3 is 2.51 bits per heavy atom. The Hall–Kier alpha value is -4.63. The van der Waals surface area contributed by atoms with E-state index in [2.05, 4.69) is 15.3 Å². The first kappa shape index (κ1) is 24.1. The number of ether oxygens (including phenoxy) is 1. The maximum absolute atomic E-state index is 14.9. The van der Waals surface area contributed by atoms with Gasteiger partial charge in [0.05, 0.1) is 11.7 Å². The molecule has 3 aromatic heterocycles. The van der Waals surface area contributed by atoms with Crippen LogP contribution in [0.2, 0.25) is 5.15 Å². The predicted molar refractivity (Wildman–Crippen MR) is 136 cm³/mol. The highest BCUT2D eigenvalue weighted by Gasteiger charge is 2.17. The smallest absolute Gasteiger partial charge is 0.268 e. The molecule has 0 aliphatic carbocycles. The third-order valence-corrected chi connectivity index (χ3v) is 5.78. The molecule has 0 spiro atoms. The molecular weight excluding hydrogens is 502 g/mol. The molecular formula is C27H17ClF2N4O3. The normalized spacial score (nSPS) is 10.9. The van der Waals surface area contributed by atoms with Gasteiger partial charge in [-0.2, -0.15) is 0 Å². The van der Waals surface area contributed by atoms with E-state index in [0.29, 0.717) is 28.0 Å². The van der Waals surface area contributed by atoms with Gasteiger partial charge in [-0.1, -0.05) is 11.6 Å². The average Bonchev–Trinajstić information content (AvgIpc) is 2.87. The number of amides is 1. The van der Waals surface area contributed by atoms with Crippen LogP contribution in [0.3, 0.4) is 0 Å². The molecule has 5 aromatic rings. The van der Waals surface area contributed by atoms with E-state index < -0.39 is 23.1 Å². The largest absolute Gasteiger partial charge is 0.454 e. The number of hydrogen-bond donors (Lipinski definition) is 1. The van der Waals surface area contributed by atoms with Crippen LogP contribution in [-0.4, -0.2) is 20.4 Å². The van der Waals surface area contributed by atoms with Crippen LogP contribution in [-0.2, 0) is 0 Å². The summed E-state index contributed by atoms with van der Waals surface area (Å²) in [6.07, 6.45) is 2.98. The number of pyridine rings is 3. The average molecular weight is 519 g/mol. The number of aryl methyl sites for hydroxylation is 1. The van der Waals surface area contributed by atoms with Crippen molar-refractivity contribution in [1.82, 2.24) is 14.5 Å². The Labute approximate surface area is 214 Å². The van der Waals surface area contributed by atoms with Gasteiger partial charge in [-0.25, -0.2) is 13.8 Å². The SMILES string of the molecule is Cc1ccc(C(=O)Nc2ccc(Oc3ccnc4cnc(Cl)cc34)c(F)c2)c(=O)n1-c1ccc(F)cc1. The summed E-state index contributed by atoms with van der Waals surface area (Å²) in [5, 5.41) is 3.32. The van der Waals surface area contributed by atoms with Gasteiger partial charge in [0.2, 0.25) is 0 Å². The second-order valence-corrected chi connectivity index (χ2v) is 8.43. The summed E-state index contributed by atoms with van der Waals surface area (Å²) in [6.45, 7) is 1.69. The van der Waals surface area contributed by atoms with Gasteiger partial charge in [-0.05, 0) is 67.6 Å².